The summed E-state index contributed by atoms with van der Waals surface area (Å²) in [6, 6.07) is 0. The van der Waals surface area contributed by atoms with Crippen LogP contribution in [-0.2, 0) is 23.8 Å². The van der Waals surface area contributed by atoms with Gasteiger partial charge in [-0.15, -0.1) is 0 Å². The van der Waals surface area contributed by atoms with Crippen LogP contribution < -0.4 is 0 Å². The van der Waals surface area contributed by atoms with Crippen molar-refractivity contribution in [2.75, 3.05) is 0 Å². The number of hydrogen-bond acceptors (Lipinski definition) is 9. The van der Waals surface area contributed by atoms with Crippen molar-refractivity contribution in [1.29, 1.82) is 0 Å². The van der Waals surface area contributed by atoms with Crippen LogP contribution in [0.5, 0.6) is 0 Å². The van der Waals surface area contributed by atoms with Crippen LogP contribution in [0.2, 0.25) is 0 Å². The summed E-state index contributed by atoms with van der Waals surface area (Å²) >= 11 is 0. The first-order valence-corrected chi connectivity index (χ1v) is 13.5. The van der Waals surface area contributed by atoms with Gasteiger partial charge in [-0.2, -0.15) is 0 Å². The number of carbonyl (C=O) groups excluding carboxylic acids is 2. The topological polar surface area (TPSA) is 143 Å². The summed E-state index contributed by atoms with van der Waals surface area (Å²) in [6.45, 7) is 7.16. The summed E-state index contributed by atoms with van der Waals surface area (Å²) in [4.78, 5) is 25.9. The molecular formula is C28H38O9. The van der Waals surface area contributed by atoms with E-state index >= 15 is 0 Å². The fourth-order valence-electron chi connectivity index (χ4n) is 8.86. The molecule has 0 aromatic carbocycles. The van der Waals surface area contributed by atoms with Gasteiger partial charge >= 0.3 is 5.97 Å². The lowest BCUT2D eigenvalue weighted by atomic mass is 9.48. The van der Waals surface area contributed by atoms with Gasteiger partial charge in [0.15, 0.2) is 17.9 Å². The maximum Gasteiger partial charge on any atom is 0.334 e. The first-order valence-electron chi connectivity index (χ1n) is 13.5. The van der Waals surface area contributed by atoms with Crippen LogP contribution >= 0.6 is 0 Å². The summed E-state index contributed by atoms with van der Waals surface area (Å²) in [5, 5.41) is 46.2. The number of fused-ring (bicyclic) bond motifs is 5. The molecule has 0 amide bonds. The molecule has 0 radical (unpaired) electrons. The fraction of sp³-hybridized carbons (Fsp3) is 0.786. The van der Waals surface area contributed by atoms with Crippen LogP contribution in [0, 0.1) is 23.2 Å². The number of aliphatic hydroxyl groups excluding tert-OH is 2. The molecule has 4 heterocycles. The number of hydrogen-bond donors (Lipinski definition) is 4. The standard InChI is InChI=1S/C28H38O9/c1-14-12-21(35-22(31)15(14)2)25(4)18-8-11-28(34)17-13-20(30)27(33)9-5-6-19(29)24(27,3)16(17)7-10-26(18,37-28)23(32)36-25/h5-6,16-18,20-21,23,30,32-34H,7-13H2,1-4H3/t16-,17+,18+,20?,21?,23?,24-,25+,26+,27-,28-/m0/s1. The summed E-state index contributed by atoms with van der Waals surface area (Å²) in [5.41, 5.74) is -3.83. The lowest BCUT2D eigenvalue weighted by Gasteiger charge is -2.60. The molecule has 2 bridgehead atoms. The molecule has 4 aliphatic heterocycles. The van der Waals surface area contributed by atoms with Gasteiger partial charge in [0, 0.05) is 30.3 Å². The van der Waals surface area contributed by atoms with Crippen LogP contribution in [0.1, 0.15) is 72.6 Å². The molecule has 204 valence electrons. The normalized spacial score (nSPS) is 55.2. The number of rotatable bonds is 1. The van der Waals surface area contributed by atoms with Crippen molar-refractivity contribution in [1.82, 2.24) is 0 Å². The van der Waals surface area contributed by atoms with E-state index < -0.39 is 70.2 Å². The number of cyclic esters (lactones) is 1. The lowest BCUT2D eigenvalue weighted by molar-refractivity contribution is -0.357. The maximum absolute atomic E-state index is 13.3. The van der Waals surface area contributed by atoms with Crippen molar-refractivity contribution in [2.45, 2.75) is 114 Å². The third-order valence-electron chi connectivity index (χ3n) is 11.3. The van der Waals surface area contributed by atoms with E-state index in [9.17, 15) is 30.0 Å². The van der Waals surface area contributed by atoms with Crippen LogP contribution in [0.15, 0.2) is 23.3 Å². The number of ketones is 1. The molecule has 9 heteroatoms. The van der Waals surface area contributed by atoms with Gasteiger partial charge in [0.1, 0.15) is 22.9 Å². The average Bonchev–Trinajstić information content (AvgIpc) is 2.99. The highest BCUT2D eigenvalue weighted by molar-refractivity contribution is 5.97. The van der Waals surface area contributed by atoms with E-state index in [2.05, 4.69) is 0 Å². The van der Waals surface area contributed by atoms with Crippen LogP contribution in [0.25, 0.3) is 0 Å². The zero-order valence-electron chi connectivity index (χ0n) is 21.9. The van der Waals surface area contributed by atoms with E-state index in [4.69, 9.17) is 14.2 Å². The zero-order valence-corrected chi connectivity index (χ0v) is 21.9. The smallest absolute Gasteiger partial charge is 0.334 e. The molecule has 4 N–H and O–H groups in total. The highest BCUT2D eigenvalue weighted by atomic mass is 16.7. The van der Waals surface area contributed by atoms with Gasteiger partial charge in [-0.1, -0.05) is 11.6 Å². The third kappa shape index (κ3) is 3.01. The monoisotopic (exact) mass is 518 g/mol. The fourth-order valence-corrected chi connectivity index (χ4v) is 8.86. The molecule has 1 spiro atoms. The highest BCUT2D eigenvalue weighted by Gasteiger charge is 2.75. The van der Waals surface area contributed by atoms with Gasteiger partial charge in [-0.3, -0.25) is 4.79 Å². The number of carbonyl (C=O) groups is 2. The Hall–Kier alpha value is -1.62. The van der Waals surface area contributed by atoms with Crippen molar-refractivity contribution >= 4 is 11.8 Å². The largest absolute Gasteiger partial charge is 0.456 e. The Bertz CT molecular complexity index is 1110. The molecule has 11 atom stereocenters. The van der Waals surface area contributed by atoms with Crippen LogP contribution in [0.3, 0.4) is 0 Å². The minimum atomic E-state index is -1.73. The lowest BCUT2D eigenvalue weighted by Crippen LogP contribution is -2.70. The maximum atomic E-state index is 13.3. The zero-order chi connectivity index (χ0) is 26.8. The summed E-state index contributed by atoms with van der Waals surface area (Å²) in [5.74, 6) is -3.90. The molecule has 3 unspecified atom stereocenters. The average molecular weight is 519 g/mol. The summed E-state index contributed by atoms with van der Waals surface area (Å²) in [7, 11) is 0. The van der Waals surface area contributed by atoms with Gasteiger partial charge in [-0.05, 0) is 71.8 Å². The Morgan fingerprint density at radius 1 is 1.03 bits per heavy atom. The van der Waals surface area contributed by atoms with Gasteiger partial charge in [-0.25, -0.2) is 4.79 Å². The third-order valence-corrected chi connectivity index (χ3v) is 11.3. The Balaban J connectivity index is 1.40. The SMILES string of the molecule is CC1=C(C)C(=O)OC([C@]2(C)OC(O)[C@@]34CC[C@H]5[C@@H](CC(O)[C@@]6(O)CC=CC(=O)[C@]56C)[C@](O)(CC[C@H]23)O4)C1. The quantitative estimate of drug-likeness (QED) is 0.381. The predicted molar refractivity (Wildman–Crippen MR) is 129 cm³/mol. The van der Waals surface area contributed by atoms with E-state index in [1.54, 1.807) is 19.9 Å². The van der Waals surface area contributed by atoms with Gasteiger partial charge in [0.2, 0.25) is 0 Å². The predicted octanol–water partition coefficient (Wildman–Crippen LogP) is 1.66. The first kappa shape index (κ1) is 25.6. The van der Waals surface area contributed by atoms with Gasteiger partial charge < -0.3 is 34.6 Å². The number of aliphatic hydroxyl groups is 4. The Morgan fingerprint density at radius 3 is 2.46 bits per heavy atom. The number of allylic oxidation sites excluding steroid dienone is 1. The summed E-state index contributed by atoms with van der Waals surface area (Å²) < 4.78 is 18.6. The molecule has 4 fully saturated rings. The van der Waals surface area contributed by atoms with E-state index in [1.165, 1.54) is 6.08 Å². The molecule has 6 aliphatic rings. The van der Waals surface area contributed by atoms with Crippen LogP contribution in [0.4, 0.5) is 0 Å². The first-order chi connectivity index (χ1) is 17.2. The molecule has 1 saturated carbocycles. The highest BCUT2D eigenvalue weighted by Crippen LogP contribution is 2.66. The molecule has 9 nitrogen and oxygen atoms in total. The van der Waals surface area contributed by atoms with E-state index in [-0.39, 0.29) is 31.5 Å². The van der Waals surface area contributed by atoms with Crippen molar-refractivity contribution in [3.8, 4) is 0 Å². The van der Waals surface area contributed by atoms with E-state index in [0.717, 1.165) is 5.57 Å². The number of ether oxygens (including phenoxy) is 3. The van der Waals surface area contributed by atoms with Crippen molar-refractivity contribution in [2.24, 2.45) is 23.2 Å². The van der Waals surface area contributed by atoms with Crippen molar-refractivity contribution in [3.05, 3.63) is 23.3 Å². The van der Waals surface area contributed by atoms with Crippen molar-refractivity contribution in [3.63, 3.8) is 0 Å². The van der Waals surface area contributed by atoms with Gasteiger partial charge in [0.05, 0.1) is 11.5 Å². The molecule has 37 heavy (non-hydrogen) atoms. The molecule has 3 saturated heterocycles. The Morgan fingerprint density at radius 2 is 1.76 bits per heavy atom. The molecule has 0 aromatic heterocycles. The summed E-state index contributed by atoms with van der Waals surface area (Å²) in [6.07, 6.45) is 1.83. The Labute approximate surface area is 216 Å². The van der Waals surface area contributed by atoms with E-state index in [1.807, 2.05) is 13.8 Å². The second-order valence-corrected chi connectivity index (χ2v) is 12.8. The van der Waals surface area contributed by atoms with Gasteiger partial charge in [0.25, 0.3) is 0 Å². The minimum Gasteiger partial charge on any atom is -0.456 e. The second kappa shape index (κ2) is 7.73. The Kier molecular flexibility index (Phi) is 5.36. The van der Waals surface area contributed by atoms with E-state index in [0.29, 0.717) is 24.8 Å². The van der Waals surface area contributed by atoms with Crippen molar-refractivity contribution < 1.29 is 44.2 Å². The molecule has 2 aliphatic carbocycles. The molecular weight excluding hydrogens is 480 g/mol. The minimum absolute atomic E-state index is 0.0762. The molecule has 0 aromatic rings. The van der Waals surface area contributed by atoms with Crippen LogP contribution in [-0.4, -0.2) is 73.3 Å². The number of esters is 1. The second-order valence-electron chi connectivity index (χ2n) is 12.8. The molecule has 6 rings (SSSR count).